The number of aliphatic hydroxyl groups excluding tert-OH is 3. The number of carbonyl (C=O) groups excluding carboxylic acids is 2. The van der Waals surface area contributed by atoms with Gasteiger partial charge in [0.2, 0.25) is 11.8 Å². The van der Waals surface area contributed by atoms with Gasteiger partial charge >= 0.3 is 0 Å². The molecule has 1 heterocycles. The summed E-state index contributed by atoms with van der Waals surface area (Å²) in [4.78, 5) is 22.6. The summed E-state index contributed by atoms with van der Waals surface area (Å²) in [6.45, 7) is 0.642. The molecule has 0 radical (unpaired) electrons. The van der Waals surface area contributed by atoms with E-state index in [1.54, 1.807) is 7.05 Å². The Bertz CT molecular complexity index is 422. The molecule has 9 nitrogen and oxygen atoms in total. The van der Waals surface area contributed by atoms with Crippen LogP contribution in [0.2, 0.25) is 0 Å². The van der Waals surface area contributed by atoms with Crippen molar-refractivity contribution in [3.63, 3.8) is 0 Å². The second kappa shape index (κ2) is 13.0. The molecule has 1 fully saturated rings. The van der Waals surface area contributed by atoms with E-state index in [1.165, 1.54) is 0 Å². The van der Waals surface area contributed by atoms with Crippen LogP contribution in [0, 0.1) is 0 Å². The first-order valence-electron chi connectivity index (χ1n) is 9.19. The zero-order valence-electron chi connectivity index (χ0n) is 15.4. The average molecular weight is 376 g/mol. The quantitative estimate of drug-likeness (QED) is 0.277. The molecule has 9 heteroatoms. The monoisotopic (exact) mass is 376 g/mol. The van der Waals surface area contributed by atoms with Crippen LogP contribution < -0.4 is 10.6 Å². The molecule has 26 heavy (non-hydrogen) atoms. The molecule has 152 valence electrons. The maximum absolute atomic E-state index is 11.6. The lowest BCUT2D eigenvalue weighted by Crippen LogP contribution is -2.50. The molecule has 0 aromatic heterocycles. The Morgan fingerprint density at radius 1 is 1.12 bits per heavy atom. The van der Waals surface area contributed by atoms with Gasteiger partial charge in [-0.05, 0) is 25.7 Å². The van der Waals surface area contributed by atoms with Crippen LogP contribution in [0.1, 0.15) is 44.9 Å². The average Bonchev–Trinajstić information content (AvgIpc) is 2.63. The fraction of sp³-hybridized carbons (Fsp3) is 0.882. The van der Waals surface area contributed by atoms with Gasteiger partial charge in [0.1, 0.15) is 12.2 Å². The van der Waals surface area contributed by atoms with E-state index in [-0.39, 0.29) is 24.8 Å². The highest BCUT2D eigenvalue weighted by Gasteiger charge is 2.36. The van der Waals surface area contributed by atoms with E-state index in [0.29, 0.717) is 32.4 Å². The summed E-state index contributed by atoms with van der Waals surface area (Å²) in [5, 5.41) is 33.7. The molecule has 2 amide bonds. The van der Waals surface area contributed by atoms with E-state index < -0.39 is 24.6 Å². The molecule has 1 saturated heterocycles. The number of amides is 2. The summed E-state index contributed by atoms with van der Waals surface area (Å²) >= 11 is 0. The second-order valence-corrected chi connectivity index (χ2v) is 6.39. The Balaban J connectivity index is 1.99. The van der Waals surface area contributed by atoms with E-state index >= 15 is 0 Å². The van der Waals surface area contributed by atoms with Gasteiger partial charge in [-0.3, -0.25) is 9.59 Å². The van der Waals surface area contributed by atoms with E-state index in [2.05, 4.69) is 10.6 Å². The lowest BCUT2D eigenvalue weighted by molar-refractivity contribution is -0.256. The van der Waals surface area contributed by atoms with Crippen molar-refractivity contribution in [2.45, 2.75) is 69.5 Å². The van der Waals surface area contributed by atoms with Crippen LogP contribution in [-0.4, -0.2) is 78.5 Å². The summed E-state index contributed by atoms with van der Waals surface area (Å²) in [6.07, 6.45) is 0.325. The van der Waals surface area contributed by atoms with Crippen molar-refractivity contribution in [2.24, 2.45) is 0 Å². The van der Waals surface area contributed by atoms with Gasteiger partial charge in [0.05, 0.1) is 12.7 Å². The van der Waals surface area contributed by atoms with Crippen LogP contribution in [0.5, 0.6) is 0 Å². The number of aliphatic hydroxyl groups is 3. The number of rotatable bonds is 12. The molecule has 1 rings (SSSR count). The highest BCUT2D eigenvalue weighted by Crippen LogP contribution is 2.21. The third kappa shape index (κ3) is 8.91. The zero-order chi connectivity index (χ0) is 19.4. The minimum absolute atomic E-state index is 0.0525. The maximum atomic E-state index is 11.6. The molecular formula is C17H32N2O7. The lowest BCUT2D eigenvalue weighted by Gasteiger charge is -2.36. The molecule has 0 aliphatic carbocycles. The first kappa shape index (κ1) is 22.8. The molecule has 5 N–H and O–H groups in total. The standard InChI is InChI=1S/C17H32N2O7/c1-18-14(22)6-5-7-15(23)19-8-3-2-4-9-25-16-10-12(21)17(24)13(11-20)26-16/h12-13,16-17,20-21,24H,2-11H2,1H3,(H,18,22)(H,19,23)/t12-,13-,16-,17-/m1/s1. The highest BCUT2D eigenvalue weighted by molar-refractivity contribution is 5.78. The Hall–Kier alpha value is -1.26. The molecule has 0 aromatic carbocycles. The van der Waals surface area contributed by atoms with Crippen LogP contribution in [0.3, 0.4) is 0 Å². The number of nitrogens with one attached hydrogen (secondary N) is 2. The number of ether oxygens (including phenoxy) is 2. The summed E-state index contributed by atoms with van der Waals surface area (Å²) in [6, 6.07) is 0. The first-order valence-corrected chi connectivity index (χ1v) is 9.19. The van der Waals surface area contributed by atoms with Gasteiger partial charge in [0.25, 0.3) is 0 Å². The van der Waals surface area contributed by atoms with Crippen LogP contribution >= 0.6 is 0 Å². The molecule has 0 bridgehead atoms. The first-order chi connectivity index (χ1) is 12.5. The SMILES string of the molecule is CNC(=O)CCCC(=O)NCCCCCO[C@H]1C[C@@H](O)[C@@H](O)[C@@H](CO)O1. The minimum atomic E-state index is -1.10. The summed E-state index contributed by atoms with van der Waals surface area (Å²) in [7, 11) is 1.57. The Kier molecular flexibility index (Phi) is 11.4. The van der Waals surface area contributed by atoms with Crippen molar-refractivity contribution >= 4 is 11.8 Å². The Morgan fingerprint density at radius 3 is 2.54 bits per heavy atom. The van der Waals surface area contributed by atoms with Gasteiger partial charge in [-0.2, -0.15) is 0 Å². The van der Waals surface area contributed by atoms with Crippen LogP contribution in [0.25, 0.3) is 0 Å². The van der Waals surface area contributed by atoms with Crippen LogP contribution in [-0.2, 0) is 19.1 Å². The lowest BCUT2D eigenvalue weighted by atomic mass is 10.0. The number of hydrogen-bond donors (Lipinski definition) is 5. The van der Waals surface area contributed by atoms with Crippen LogP contribution in [0.4, 0.5) is 0 Å². The summed E-state index contributed by atoms with van der Waals surface area (Å²) in [5.74, 6) is -0.115. The van der Waals surface area contributed by atoms with E-state index in [0.717, 1.165) is 19.3 Å². The van der Waals surface area contributed by atoms with Gasteiger partial charge in [0, 0.05) is 39.5 Å². The molecule has 0 saturated carbocycles. The smallest absolute Gasteiger partial charge is 0.220 e. The van der Waals surface area contributed by atoms with Crippen molar-refractivity contribution in [2.75, 3.05) is 26.8 Å². The molecule has 1 aliphatic rings. The van der Waals surface area contributed by atoms with Gasteiger partial charge in [0.15, 0.2) is 6.29 Å². The number of unbranched alkanes of at least 4 members (excludes halogenated alkanes) is 2. The van der Waals surface area contributed by atoms with Gasteiger partial charge in [-0.25, -0.2) is 0 Å². The van der Waals surface area contributed by atoms with Crippen molar-refractivity contribution in [1.82, 2.24) is 10.6 Å². The number of hydrogen-bond acceptors (Lipinski definition) is 7. The van der Waals surface area contributed by atoms with Gasteiger partial charge in [-0.1, -0.05) is 0 Å². The van der Waals surface area contributed by atoms with Crippen LogP contribution in [0.15, 0.2) is 0 Å². The highest BCUT2D eigenvalue weighted by atomic mass is 16.7. The molecule has 0 unspecified atom stereocenters. The fourth-order valence-corrected chi connectivity index (χ4v) is 2.64. The van der Waals surface area contributed by atoms with E-state index in [9.17, 15) is 19.8 Å². The van der Waals surface area contributed by atoms with E-state index in [4.69, 9.17) is 14.6 Å². The second-order valence-electron chi connectivity index (χ2n) is 6.39. The zero-order valence-corrected chi connectivity index (χ0v) is 15.4. The number of carbonyl (C=O) groups is 2. The summed E-state index contributed by atoms with van der Waals surface area (Å²) in [5.41, 5.74) is 0. The van der Waals surface area contributed by atoms with Crippen molar-refractivity contribution < 1.29 is 34.4 Å². The third-order valence-electron chi connectivity index (χ3n) is 4.25. The molecule has 0 spiro atoms. The molecule has 1 aliphatic heterocycles. The molecule has 0 aromatic rings. The van der Waals surface area contributed by atoms with Crippen molar-refractivity contribution in [3.8, 4) is 0 Å². The Labute approximate surface area is 154 Å². The predicted octanol–water partition coefficient (Wildman–Crippen LogP) is -0.965. The third-order valence-corrected chi connectivity index (χ3v) is 4.25. The fourth-order valence-electron chi connectivity index (χ4n) is 2.64. The van der Waals surface area contributed by atoms with E-state index in [1.807, 2.05) is 0 Å². The Morgan fingerprint density at radius 2 is 1.85 bits per heavy atom. The predicted molar refractivity (Wildman–Crippen MR) is 93.1 cm³/mol. The van der Waals surface area contributed by atoms with Crippen molar-refractivity contribution in [3.05, 3.63) is 0 Å². The topological polar surface area (TPSA) is 137 Å². The largest absolute Gasteiger partial charge is 0.394 e. The van der Waals surface area contributed by atoms with Crippen molar-refractivity contribution in [1.29, 1.82) is 0 Å². The molecule has 4 atom stereocenters. The molecular weight excluding hydrogens is 344 g/mol. The maximum Gasteiger partial charge on any atom is 0.220 e. The van der Waals surface area contributed by atoms with Gasteiger partial charge in [-0.15, -0.1) is 0 Å². The minimum Gasteiger partial charge on any atom is -0.394 e. The normalized spacial score (nSPS) is 25.7. The summed E-state index contributed by atoms with van der Waals surface area (Å²) < 4.78 is 10.9. The van der Waals surface area contributed by atoms with Gasteiger partial charge < -0.3 is 35.4 Å².